The van der Waals surface area contributed by atoms with Crippen LogP contribution in [0.4, 0.5) is 0 Å². The molecule has 1 aromatic heterocycles. The Hall–Kier alpha value is -1.65. The van der Waals surface area contributed by atoms with Crippen molar-refractivity contribution in [2.45, 2.75) is 20.0 Å². The Balaban J connectivity index is 1.73. The molecule has 1 N–H and O–H groups in total. The third-order valence-corrected chi connectivity index (χ3v) is 3.95. The number of benzene rings is 1. The molecule has 0 aliphatic carbocycles. The lowest BCUT2D eigenvalue weighted by atomic mass is 10.2. The van der Waals surface area contributed by atoms with Crippen LogP contribution in [0.2, 0.25) is 0 Å². The van der Waals surface area contributed by atoms with Crippen LogP contribution in [0.15, 0.2) is 42.5 Å². The quantitative estimate of drug-likeness (QED) is 0.886. The summed E-state index contributed by atoms with van der Waals surface area (Å²) in [6, 6.07) is 14.2. The molecule has 0 saturated carbocycles. The molecule has 3 nitrogen and oxygen atoms in total. The van der Waals surface area contributed by atoms with Crippen molar-refractivity contribution in [1.29, 1.82) is 0 Å². The highest BCUT2D eigenvalue weighted by atomic mass is 32.1. The van der Waals surface area contributed by atoms with Gasteiger partial charge in [-0.1, -0.05) is 30.3 Å². The van der Waals surface area contributed by atoms with Gasteiger partial charge in [-0.3, -0.25) is 9.69 Å². The zero-order valence-electron chi connectivity index (χ0n) is 11.9. The van der Waals surface area contributed by atoms with Crippen molar-refractivity contribution >= 4 is 17.2 Å². The normalized spacial score (nSPS) is 10.8. The molecule has 4 heteroatoms. The summed E-state index contributed by atoms with van der Waals surface area (Å²) in [6.45, 7) is 3.92. The fourth-order valence-electron chi connectivity index (χ4n) is 1.99. The average molecular weight is 288 g/mol. The molecule has 0 radical (unpaired) electrons. The number of carbonyl (C=O) groups is 1. The number of hydrogen-bond donors (Lipinski definition) is 1. The van der Waals surface area contributed by atoms with Crippen LogP contribution in [0, 0.1) is 6.92 Å². The summed E-state index contributed by atoms with van der Waals surface area (Å²) in [5, 5.41) is 2.94. The van der Waals surface area contributed by atoms with Gasteiger partial charge in [0.05, 0.1) is 6.54 Å². The second kappa shape index (κ2) is 7.22. The molecule has 20 heavy (non-hydrogen) atoms. The van der Waals surface area contributed by atoms with E-state index in [1.807, 2.05) is 42.3 Å². The van der Waals surface area contributed by atoms with Crippen LogP contribution in [-0.4, -0.2) is 24.4 Å². The molecule has 2 rings (SSSR count). The smallest absolute Gasteiger partial charge is 0.234 e. The van der Waals surface area contributed by atoms with Gasteiger partial charge in [0.1, 0.15) is 0 Å². The topological polar surface area (TPSA) is 32.3 Å². The molecule has 0 bridgehead atoms. The van der Waals surface area contributed by atoms with Crippen molar-refractivity contribution in [2.75, 3.05) is 13.6 Å². The number of rotatable bonds is 6. The van der Waals surface area contributed by atoms with Gasteiger partial charge in [-0.2, -0.15) is 0 Å². The predicted octanol–water partition coefficient (Wildman–Crippen LogP) is 2.80. The van der Waals surface area contributed by atoms with Crippen LogP contribution in [0.25, 0.3) is 0 Å². The molecule has 0 atom stereocenters. The summed E-state index contributed by atoms with van der Waals surface area (Å²) in [5.41, 5.74) is 1.12. The summed E-state index contributed by atoms with van der Waals surface area (Å²) in [4.78, 5) is 16.5. The van der Waals surface area contributed by atoms with Crippen molar-refractivity contribution in [3.63, 3.8) is 0 Å². The van der Waals surface area contributed by atoms with E-state index in [1.165, 1.54) is 9.75 Å². The third-order valence-electron chi connectivity index (χ3n) is 2.97. The van der Waals surface area contributed by atoms with Gasteiger partial charge in [0, 0.05) is 22.8 Å². The van der Waals surface area contributed by atoms with Crippen molar-refractivity contribution in [2.24, 2.45) is 0 Å². The maximum absolute atomic E-state index is 11.9. The Bertz CT molecular complexity index is 551. The number of aryl methyl sites for hydroxylation is 1. The Morgan fingerprint density at radius 1 is 1.20 bits per heavy atom. The lowest BCUT2D eigenvalue weighted by molar-refractivity contribution is -0.122. The van der Waals surface area contributed by atoms with E-state index in [2.05, 4.69) is 24.4 Å². The Morgan fingerprint density at radius 3 is 2.60 bits per heavy atom. The summed E-state index contributed by atoms with van der Waals surface area (Å²) >= 11 is 1.78. The second-order valence-electron chi connectivity index (χ2n) is 4.95. The number of amides is 1. The molecule has 1 heterocycles. The van der Waals surface area contributed by atoms with E-state index in [-0.39, 0.29) is 5.91 Å². The van der Waals surface area contributed by atoms with E-state index < -0.39 is 0 Å². The van der Waals surface area contributed by atoms with E-state index in [4.69, 9.17) is 0 Å². The first-order valence-corrected chi connectivity index (χ1v) is 7.49. The second-order valence-corrected chi connectivity index (χ2v) is 6.32. The number of carbonyl (C=O) groups excluding carboxylic acids is 1. The molecule has 2 aromatic rings. The van der Waals surface area contributed by atoms with Crippen molar-refractivity contribution in [3.8, 4) is 0 Å². The highest BCUT2D eigenvalue weighted by Gasteiger charge is 2.08. The molecular formula is C16H20N2OS. The zero-order chi connectivity index (χ0) is 14.4. The third kappa shape index (κ3) is 4.79. The molecule has 0 aliphatic heterocycles. The molecule has 0 spiro atoms. The molecule has 0 aliphatic rings. The molecule has 1 aromatic carbocycles. The minimum absolute atomic E-state index is 0.0598. The van der Waals surface area contributed by atoms with Gasteiger partial charge in [-0.25, -0.2) is 0 Å². The molecule has 0 fully saturated rings. The molecular weight excluding hydrogens is 268 g/mol. The van der Waals surface area contributed by atoms with Gasteiger partial charge in [-0.05, 0) is 31.7 Å². The Labute approximate surface area is 124 Å². The van der Waals surface area contributed by atoms with E-state index in [0.29, 0.717) is 13.1 Å². The maximum Gasteiger partial charge on any atom is 0.234 e. The summed E-state index contributed by atoms with van der Waals surface area (Å²) in [7, 11) is 1.97. The number of nitrogens with zero attached hydrogens (tertiary/aromatic N) is 1. The molecule has 106 valence electrons. The first-order valence-electron chi connectivity index (χ1n) is 6.68. The standard InChI is InChI=1S/C16H20N2OS/c1-13-8-9-15(20-13)11-18(2)12-16(19)17-10-14-6-4-3-5-7-14/h3-9H,10-12H2,1-2H3,(H,17,19). The Morgan fingerprint density at radius 2 is 1.95 bits per heavy atom. The molecule has 0 saturated heterocycles. The fraction of sp³-hybridized carbons (Fsp3) is 0.312. The highest BCUT2D eigenvalue weighted by Crippen LogP contribution is 2.16. The molecule has 1 amide bonds. The van der Waals surface area contributed by atoms with Crippen molar-refractivity contribution < 1.29 is 4.79 Å². The minimum atomic E-state index is 0.0598. The number of hydrogen-bond acceptors (Lipinski definition) is 3. The Kier molecular flexibility index (Phi) is 5.32. The fourth-order valence-corrected chi connectivity index (χ4v) is 2.96. The lowest BCUT2D eigenvalue weighted by Crippen LogP contribution is -2.34. The number of thiophene rings is 1. The average Bonchev–Trinajstić information content (AvgIpc) is 2.83. The number of likely N-dealkylation sites (N-methyl/N-ethyl adjacent to an activating group) is 1. The lowest BCUT2D eigenvalue weighted by Gasteiger charge is -2.15. The van der Waals surface area contributed by atoms with E-state index in [9.17, 15) is 4.79 Å². The largest absolute Gasteiger partial charge is 0.351 e. The number of nitrogens with one attached hydrogen (secondary N) is 1. The van der Waals surface area contributed by atoms with E-state index >= 15 is 0 Å². The molecule has 0 unspecified atom stereocenters. The van der Waals surface area contributed by atoms with Crippen LogP contribution >= 0.6 is 11.3 Å². The first kappa shape index (κ1) is 14.8. The predicted molar refractivity (Wildman–Crippen MR) is 83.7 cm³/mol. The van der Waals surface area contributed by atoms with E-state index in [0.717, 1.165) is 12.1 Å². The SMILES string of the molecule is Cc1ccc(CN(C)CC(=O)NCc2ccccc2)s1. The van der Waals surface area contributed by atoms with Gasteiger partial charge >= 0.3 is 0 Å². The summed E-state index contributed by atoms with van der Waals surface area (Å²) in [5.74, 6) is 0.0598. The van der Waals surface area contributed by atoms with Crippen molar-refractivity contribution in [1.82, 2.24) is 10.2 Å². The first-order chi connectivity index (χ1) is 9.63. The maximum atomic E-state index is 11.9. The monoisotopic (exact) mass is 288 g/mol. The zero-order valence-corrected chi connectivity index (χ0v) is 12.7. The van der Waals surface area contributed by atoms with Crippen LogP contribution in [-0.2, 0) is 17.9 Å². The highest BCUT2D eigenvalue weighted by molar-refractivity contribution is 7.11. The van der Waals surface area contributed by atoms with Crippen molar-refractivity contribution in [3.05, 3.63) is 57.8 Å². The summed E-state index contributed by atoms with van der Waals surface area (Å²) in [6.07, 6.45) is 0. The van der Waals surface area contributed by atoms with Crippen LogP contribution < -0.4 is 5.32 Å². The van der Waals surface area contributed by atoms with Crippen LogP contribution in [0.1, 0.15) is 15.3 Å². The van der Waals surface area contributed by atoms with Gasteiger partial charge in [0.2, 0.25) is 5.91 Å². The van der Waals surface area contributed by atoms with Gasteiger partial charge in [0.25, 0.3) is 0 Å². The minimum Gasteiger partial charge on any atom is -0.351 e. The van der Waals surface area contributed by atoms with Crippen LogP contribution in [0.5, 0.6) is 0 Å². The van der Waals surface area contributed by atoms with E-state index in [1.54, 1.807) is 11.3 Å². The van der Waals surface area contributed by atoms with Gasteiger partial charge < -0.3 is 5.32 Å². The summed E-state index contributed by atoms with van der Waals surface area (Å²) < 4.78 is 0. The van der Waals surface area contributed by atoms with Gasteiger partial charge in [-0.15, -0.1) is 11.3 Å². The van der Waals surface area contributed by atoms with Crippen LogP contribution in [0.3, 0.4) is 0 Å². The van der Waals surface area contributed by atoms with Gasteiger partial charge in [0.15, 0.2) is 0 Å².